The first-order chi connectivity index (χ1) is 12.7. The maximum absolute atomic E-state index is 14.4. The molecule has 7 heteroatoms. The number of sulfone groups is 1. The molecule has 0 N–H and O–H groups in total. The predicted molar refractivity (Wildman–Crippen MR) is 105 cm³/mol. The van der Waals surface area contributed by atoms with E-state index in [0.717, 1.165) is 19.3 Å². The summed E-state index contributed by atoms with van der Waals surface area (Å²) < 4.78 is 38.1. The summed E-state index contributed by atoms with van der Waals surface area (Å²) in [6, 6.07) is 4.48. The molecule has 2 aliphatic rings. The Morgan fingerprint density at radius 2 is 2.00 bits per heavy atom. The van der Waals surface area contributed by atoms with Gasteiger partial charge in [-0.2, -0.15) is 0 Å². The lowest BCUT2D eigenvalue weighted by molar-refractivity contribution is -0.140. The molecule has 2 fully saturated rings. The van der Waals surface area contributed by atoms with Crippen molar-refractivity contribution in [3.63, 3.8) is 0 Å². The zero-order valence-electron chi connectivity index (χ0n) is 15.8. The topological polar surface area (TPSA) is 54.5 Å². The zero-order chi connectivity index (χ0) is 19.8. The second kappa shape index (κ2) is 8.08. The lowest BCUT2D eigenvalue weighted by Crippen LogP contribution is -2.49. The van der Waals surface area contributed by atoms with Gasteiger partial charge in [-0.3, -0.25) is 4.79 Å². The molecule has 4 atom stereocenters. The Bertz CT molecular complexity index is 793. The molecule has 0 aromatic heterocycles. The van der Waals surface area contributed by atoms with E-state index in [1.807, 2.05) is 0 Å². The predicted octanol–water partition coefficient (Wildman–Crippen LogP) is 4.07. The number of hydrogen-bond donors (Lipinski definition) is 0. The maximum Gasteiger partial charge on any atom is 0.227 e. The zero-order valence-corrected chi connectivity index (χ0v) is 17.4. The Kier molecular flexibility index (Phi) is 6.16. The summed E-state index contributed by atoms with van der Waals surface area (Å²) >= 11 is 6.21. The van der Waals surface area contributed by atoms with Gasteiger partial charge < -0.3 is 4.90 Å². The molecule has 1 aliphatic carbocycles. The molecule has 0 bridgehead atoms. The van der Waals surface area contributed by atoms with Crippen LogP contribution in [0.4, 0.5) is 4.39 Å². The summed E-state index contributed by atoms with van der Waals surface area (Å²) in [5, 5.41) is 0.295. The molecule has 1 heterocycles. The highest BCUT2D eigenvalue weighted by Crippen LogP contribution is 2.36. The summed E-state index contributed by atoms with van der Waals surface area (Å²) in [6.45, 7) is 4.39. The summed E-state index contributed by atoms with van der Waals surface area (Å²) in [6.07, 6.45) is 3.31. The number of carbonyl (C=O) groups excluding carboxylic acids is 1. The average molecular weight is 416 g/mol. The van der Waals surface area contributed by atoms with Gasteiger partial charge in [-0.1, -0.05) is 44.4 Å². The van der Waals surface area contributed by atoms with Crippen molar-refractivity contribution in [1.29, 1.82) is 0 Å². The van der Waals surface area contributed by atoms with Crippen LogP contribution in [-0.4, -0.2) is 36.8 Å². The van der Waals surface area contributed by atoms with Crippen LogP contribution in [0.2, 0.25) is 5.02 Å². The molecule has 1 saturated carbocycles. The van der Waals surface area contributed by atoms with Crippen molar-refractivity contribution in [2.24, 2.45) is 17.8 Å². The number of halogens is 2. The number of rotatable bonds is 4. The van der Waals surface area contributed by atoms with Crippen molar-refractivity contribution in [1.82, 2.24) is 4.90 Å². The van der Waals surface area contributed by atoms with Crippen molar-refractivity contribution < 1.29 is 17.6 Å². The summed E-state index contributed by atoms with van der Waals surface area (Å²) in [4.78, 5) is 15.0. The van der Waals surface area contributed by atoms with E-state index in [-0.39, 0.29) is 35.9 Å². The highest BCUT2D eigenvalue weighted by Gasteiger charge is 2.40. The Morgan fingerprint density at radius 3 is 2.63 bits per heavy atom. The molecule has 150 valence electrons. The van der Waals surface area contributed by atoms with Gasteiger partial charge in [-0.25, -0.2) is 12.8 Å². The standard InChI is InChI=1S/C20H27ClFNO3S/c1-13-5-3-8-19(14(13)2)23(11-16-17(21)6-4-7-18(16)22)20(24)15-9-10-27(25,26)12-15/h4,6-7,13-15,19H,3,5,8-12H2,1-2H3/t13-,14+,15-,19+/m1/s1. The molecule has 0 unspecified atom stereocenters. The summed E-state index contributed by atoms with van der Waals surface area (Å²) in [7, 11) is -3.17. The highest BCUT2D eigenvalue weighted by atomic mass is 35.5. The van der Waals surface area contributed by atoms with E-state index >= 15 is 0 Å². The van der Waals surface area contributed by atoms with Gasteiger partial charge >= 0.3 is 0 Å². The molecule has 4 nitrogen and oxygen atoms in total. The molecule has 1 aromatic rings. The van der Waals surface area contributed by atoms with Gasteiger partial charge in [0.2, 0.25) is 5.91 Å². The first-order valence-corrected chi connectivity index (χ1v) is 11.8. The van der Waals surface area contributed by atoms with Crippen molar-refractivity contribution in [3.8, 4) is 0 Å². The van der Waals surface area contributed by atoms with E-state index in [2.05, 4.69) is 13.8 Å². The SMILES string of the molecule is C[C@H]1[C@H](C)CCC[C@@H]1N(Cc1c(F)cccc1Cl)C(=O)[C@@H]1CCS(=O)(=O)C1. The Morgan fingerprint density at radius 1 is 1.26 bits per heavy atom. The number of benzene rings is 1. The van der Waals surface area contributed by atoms with Crippen LogP contribution in [0.3, 0.4) is 0 Å². The third-order valence-corrected chi connectivity index (χ3v) is 8.44. The van der Waals surface area contributed by atoms with Gasteiger partial charge in [0.1, 0.15) is 5.82 Å². The van der Waals surface area contributed by atoms with E-state index in [0.29, 0.717) is 22.9 Å². The van der Waals surface area contributed by atoms with Crippen LogP contribution in [0.5, 0.6) is 0 Å². The van der Waals surface area contributed by atoms with Crippen LogP contribution in [-0.2, 0) is 21.2 Å². The molecule has 0 radical (unpaired) electrons. The fraction of sp³-hybridized carbons (Fsp3) is 0.650. The molecule has 1 amide bonds. The fourth-order valence-electron chi connectivity index (χ4n) is 4.43. The minimum atomic E-state index is -3.17. The quantitative estimate of drug-likeness (QED) is 0.744. The minimum Gasteiger partial charge on any atom is -0.335 e. The molecule has 27 heavy (non-hydrogen) atoms. The first kappa shape index (κ1) is 20.6. The Labute approximate surface area is 166 Å². The molecule has 0 spiro atoms. The molecule has 1 aromatic carbocycles. The lowest BCUT2D eigenvalue weighted by Gasteiger charge is -2.42. The van der Waals surface area contributed by atoms with Crippen molar-refractivity contribution in [3.05, 3.63) is 34.6 Å². The minimum absolute atomic E-state index is 0.0276. The largest absolute Gasteiger partial charge is 0.335 e. The maximum atomic E-state index is 14.4. The second-order valence-corrected chi connectivity index (χ2v) is 10.7. The van der Waals surface area contributed by atoms with E-state index < -0.39 is 21.6 Å². The normalized spacial score (nSPS) is 30.2. The van der Waals surface area contributed by atoms with E-state index in [4.69, 9.17) is 11.6 Å². The van der Waals surface area contributed by atoms with Gasteiger partial charge in [-0.15, -0.1) is 0 Å². The van der Waals surface area contributed by atoms with E-state index in [9.17, 15) is 17.6 Å². The molecular weight excluding hydrogens is 389 g/mol. The van der Waals surface area contributed by atoms with Crippen LogP contribution in [0, 0.1) is 23.6 Å². The average Bonchev–Trinajstić information content (AvgIpc) is 2.97. The van der Waals surface area contributed by atoms with Gasteiger partial charge in [0, 0.05) is 16.6 Å². The van der Waals surface area contributed by atoms with Crippen LogP contribution in [0.1, 0.15) is 45.1 Å². The van der Waals surface area contributed by atoms with Crippen LogP contribution >= 0.6 is 11.6 Å². The van der Waals surface area contributed by atoms with Crippen LogP contribution < -0.4 is 0 Å². The molecule has 3 rings (SSSR count). The Balaban J connectivity index is 1.92. The number of nitrogens with zero attached hydrogens (tertiary/aromatic N) is 1. The Hall–Kier alpha value is -1.14. The third kappa shape index (κ3) is 4.48. The first-order valence-electron chi connectivity index (χ1n) is 9.63. The second-order valence-electron chi connectivity index (χ2n) is 8.10. The van der Waals surface area contributed by atoms with Gasteiger partial charge in [-0.05, 0) is 36.8 Å². The van der Waals surface area contributed by atoms with E-state index in [1.165, 1.54) is 6.07 Å². The highest BCUT2D eigenvalue weighted by molar-refractivity contribution is 7.91. The van der Waals surface area contributed by atoms with Crippen LogP contribution in [0.15, 0.2) is 18.2 Å². The number of amides is 1. The van der Waals surface area contributed by atoms with Gasteiger partial charge in [0.05, 0.1) is 24.0 Å². The molecular formula is C20H27ClFNO3S. The van der Waals surface area contributed by atoms with Gasteiger partial charge in [0.15, 0.2) is 9.84 Å². The monoisotopic (exact) mass is 415 g/mol. The number of carbonyl (C=O) groups is 1. The lowest BCUT2D eigenvalue weighted by atomic mass is 9.77. The molecule has 1 saturated heterocycles. The molecule has 1 aliphatic heterocycles. The fourth-order valence-corrected chi connectivity index (χ4v) is 6.39. The smallest absolute Gasteiger partial charge is 0.227 e. The van der Waals surface area contributed by atoms with Crippen molar-refractivity contribution in [2.75, 3.05) is 11.5 Å². The van der Waals surface area contributed by atoms with Gasteiger partial charge in [0.25, 0.3) is 0 Å². The van der Waals surface area contributed by atoms with Crippen LogP contribution in [0.25, 0.3) is 0 Å². The summed E-state index contributed by atoms with van der Waals surface area (Å²) in [5.74, 6) is -0.478. The van der Waals surface area contributed by atoms with E-state index in [1.54, 1.807) is 17.0 Å². The third-order valence-electron chi connectivity index (χ3n) is 6.32. The summed E-state index contributed by atoms with van der Waals surface area (Å²) in [5.41, 5.74) is 0.304. The number of hydrogen-bond acceptors (Lipinski definition) is 3. The van der Waals surface area contributed by atoms with Crippen molar-refractivity contribution in [2.45, 2.75) is 52.1 Å². The van der Waals surface area contributed by atoms with Crippen molar-refractivity contribution >= 4 is 27.3 Å².